The Hall–Kier alpha value is -0.760. The van der Waals surface area contributed by atoms with Gasteiger partial charge in [0.1, 0.15) is 0 Å². The Morgan fingerprint density at radius 3 is 2.79 bits per heavy atom. The molecular weight excluding hydrogens is 176 g/mol. The molecule has 2 saturated carbocycles. The van der Waals surface area contributed by atoms with Crippen LogP contribution in [0.3, 0.4) is 0 Å². The first-order valence-electron chi connectivity index (χ1n) is 5.52. The van der Waals surface area contributed by atoms with Gasteiger partial charge in [0.25, 0.3) is 0 Å². The predicted octanol–water partition coefficient (Wildman–Crippen LogP) is 2.23. The van der Waals surface area contributed by atoms with Crippen LogP contribution in [0.1, 0.15) is 24.8 Å². The molecule has 2 nitrogen and oxygen atoms in total. The quantitative estimate of drug-likeness (QED) is 0.796. The largest absolute Gasteiger partial charge is 0.472 e. The fourth-order valence-electron chi connectivity index (χ4n) is 2.89. The monoisotopic (exact) mass is 192 g/mol. The Bertz CT molecular complexity index is 294. The molecule has 3 unspecified atom stereocenters. The second-order valence-electron chi connectivity index (χ2n) is 4.89. The van der Waals surface area contributed by atoms with Crippen molar-refractivity contribution in [3.8, 4) is 0 Å². The van der Waals surface area contributed by atoms with Crippen molar-refractivity contribution in [2.45, 2.75) is 31.8 Å². The Morgan fingerprint density at radius 1 is 1.36 bits per heavy atom. The van der Waals surface area contributed by atoms with Gasteiger partial charge in [0.05, 0.1) is 18.6 Å². The summed E-state index contributed by atoms with van der Waals surface area (Å²) < 4.78 is 5.00. The molecule has 14 heavy (non-hydrogen) atoms. The van der Waals surface area contributed by atoms with E-state index in [0.29, 0.717) is 5.92 Å². The van der Waals surface area contributed by atoms with E-state index < -0.39 is 0 Å². The van der Waals surface area contributed by atoms with E-state index in [1.165, 1.54) is 19.3 Å². The summed E-state index contributed by atoms with van der Waals surface area (Å²) >= 11 is 0. The van der Waals surface area contributed by atoms with Crippen LogP contribution in [0.25, 0.3) is 0 Å². The molecule has 0 aromatic carbocycles. The predicted molar refractivity (Wildman–Crippen MR) is 52.7 cm³/mol. The van der Waals surface area contributed by atoms with E-state index in [-0.39, 0.29) is 6.10 Å². The third kappa shape index (κ3) is 1.48. The van der Waals surface area contributed by atoms with Gasteiger partial charge in [-0.05, 0) is 48.6 Å². The molecule has 1 aromatic rings. The SMILES string of the molecule is OC(Cc1ccoc1)C1CC2CC2C1. The number of furan rings is 1. The normalized spacial score (nSPS) is 36.8. The van der Waals surface area contributed by atoms with Crippen molar-refractivity contribution >= 4 is 0 Å². The van der Waals surface area contributed by atoms with Crippen molar-refractivity contribution in [2.75, 3.05) is 0 Å². The minimum atomic E-state index is -0.152. The Balaban J connectivity index is 1.58. The van der Waals surface area contributed by atoms with Gasteiger partial charge in [-0.2, -0.15) is 0 Å². The lowest BCUT2D eigenvalue weighted by atomic mass is 9.93. The summed E-state index contributed by atoms with van der Waals surface area (Å²) in [5, 5.41) is 10.0. The second kappa shape index (κ2) is 3.13. The number of aliphatic hydroxyl groups is 1. The minimum Gasteiger partial charge on any atom is -0.472 e. The Kier molecular flexibility index (Phi) is 1.91. The van der Waals surface area contributed by atoms with E-state index >= 15 is 0 Å². The molecule has 0 amide bonds. The molecule has 2 heteroatoms. The van der Waals surface area contributed by atoms with E-state index in [2.05, 4.69) is 0 Å². The molecule has 1 N–H and O–H groups in total. The smallest absolute Gasteiger partial charge is 0.0935 e. The lowest BCUT2D eigenvalue weighted by Gasteiger charge is -2.18. The average molecular weight is 192 g/mol. The molecule has 2 aliphatic rings. The Labute approximate surface area is 83.9 Å². The fourth-order valence-corrected chi connectivity index (χ4v) is 2.89. The second-order valence-corrected chi connectivity index (χ2v) is 4.89. The first-order valence-corrected chi connectivity index (χ1v) is 5.52. The zero-order valence-electron chi connectivity index (χ0n) is 8.23. The summed E-state index contributed by atoms with van der Waals surface area (Å²) in [5.41, 5.74) is 1.12. The van der Waals surface area contributed by atoms with Gasteiger partial charge in [-0.15, -0.1) is 0 Å². The van der Waals surface area contributed by atoms with Gasteiger partial charge >= 0.3 is 0 Å². The maximum Gasteiger partial charge on any atom is 0.0935 e. The molecule has 2 aliphatic carbocycles. The zero-order valence-corrected chi connectivity index (χ0v) is 8.23. The van der Waals surface area contributed by atoms with Gasteiger partial charge in [-0.3, -0.25) is 0 Å². The average Bonchev–Trinajstić information content (AvgIpc) is 2.68. The van der Waals surface area contributed by atoms with Crippen LogP contribution in [0.15, 0.2) is 23.0 Å². The maximum absolute atomic E-state index is 10.0. The van der Waals surface area contributed by atoms with E-state index in [1.807, 2.05) is 6.07 Å². The molecule has 1 aromatic heterocycles. The number of fused-ring (bicyclic) bond motifs is 1. The third-order valence-corrected chi connectivity index (χ3v) is 3.85. The van der Waals surface area contributed by atoms with Crippen LogP contribution in [-0.2, 0) is 6.42 Å². The highest BCUT2D eigenvalue weighted by Gasteiger charge is 2.47. The summed E-state index contributed by atoms with van der Waals surface area (Å²) in [6.45, 7) is 0. The number of rotatable bonds is 3. The standard InChI is InChI=1S/C12H16O2/c13-12(3-8-1-2-14-7-8)11-5-9-4-10(9)6-11/h1-2,7,9-13H,3-6H2. The molecule has 0 aliphatic heterocycles. The van der Waals surface area contributed by atoms with E-state index in [0.717, 1.165) is 23.8 Å². The molecule has 1 heterocycles. The van der Waals surface area contributed by atoms with Crippen LogP contribution in [0.5, 0.6) is 0 Å². The number of hydrogen-bond donors (Lipinski definition) is 1. The molecule has 3 atom stereocenters. The molecule has 0 bridgehead atoms. The van der Waals surface area contributed by atoms with Crippen molar-refractivity contribution in [3.05, 3.63) is 24.2 Å². The van der Waals surface area contributed by atoms with Crippen LogP contribution in [0.4, 0.5) is 0 Å². The molecule has 3 rings (SSSR count). The van der Waals surface area contributed by atoms with Gasteiger partial charge in [-0.1, -0.05) is 0 Å². The first kappa shape index (κ1) is 8.54. The fraction of sp³-hybridized carbons (Fsp3) is 0.667. The van der Waals surface area contributed by atoms with Crippen molar-refractivity contribution in [1.82, 2.24) is 0 Å². The minimum absolute atomic E-state index is 0.152. The van der Waals surface area contributed by atoms with E-state index in [1.54, 1.807) is 12.5 Å². The molecule has 2 fully saturated rings. The molecule has 76 valence electrons. The lowest BCUT2D eigenvalue weighted by molar-refractivity contribution is 0.104. The number of hydrogen-bond acceptors (Lipinski definition) is 2. The Morgan fingerprint density at radius 2 is 2.14 bits per heavy atom. The van der Waals surface area contributed by atoms with Crippen LogP contribution >= 0.6 is 0 Å². The summed E-state index contributed by atoms with van der Waals surface area (Å²) in [5.74, 6) is 2.46. The van der Waals surface area contributed by atoms with Crippen molar-refractivity contribution < 1.29 is 9.52 Å². The van der Waals surface area contributed by atoms with Gasteiger partial charge in [0, 0.05) is 6.42 Å². The van der Waals surface area contributed by atoms with E-state index in [9.17, 15) is 5.11 Å². The lowest BCUT2D eigenvalue weighted by Crippen LogP contribution is -2.21. The summed E-state index contributed by atoms with van der Waals surface area (Å²) in [7, 11) is 0. The summed E-state index contributed by atoms with van der Waals surface area (Å²) in [4.78, 5) is 0. The van der Waals surface area contributed by atoms with Gasteiger partial charge in [0.2, 0.25) is 0 Å². The zero-order chi connectivity index (χ0) is 9.54. The van der Waals surface area contributed by atoms with Gasteiger partial charge in [0.15, 0.2) is 0 Å². The van der Waals surface area contributed by atoms with Crippen LogP contribution in [0.2, 0.25) is 0 Å². The number of aliphatic hydroxyl groups excluding tert-OH is 1. The van der Waals surface area contributed by atoms with Gasteiger partial charge in [-0.25, -0.2) is 0 Å². The third-order valence-electron chi connectivity index (χ3n) is 3.85. The highest BCUT2D eigenvalue weighted by atomic mass is 16.3. The highest BCUT2D eigenvalue weighted by molar-refractivity contribution is 5.08. The van der Waals surface area contributed by atoms with Crippen molar-refractivity contribution in [2.24, 2.45) is 17.8 Å². The van der Waals surface area contributed by atoms with Crippen molar-refractivity contribution in [1.29, 1.82) is 0 Å². The highest BCUT2D eigenvalue weighted by Crippen LogP contribution is 2.55. The van der Waals surface area contributed by atoms with Crippen LogP contribution < -0.4 is 0 Å². The van der Waals surface area contributed by atoms with E-state index in [4.69, 9.17) is 4.42 Å². The maximum atomic E-state index is 10.0. The summed E-state index contributed by atoms with van der Waals surface area (Å²) in [6.07, 6.45) is 7.95. The summed E-state index contributed by atoms with van der Waals surface area (Å²) in [6, 6.07) is 1.94. The van der Waals surface area contributed by atoms with Crippen molar-refractivity contribution in [3.63, 3.8) is 0 Å². The van der Waals surface area contributed by atoms with Crippen LogP contribution in [-0.4, -0.2) is 11.2 Å². The van der Waals surface area contributed by atoms with Gasteiger partial charge < -0.3 is 9.52 Å². The first-order chi connectivity index (χ1) is 6.83. The molecule has 0 saturated heterocycles. The molecule has 0 radical (unpaired) electrons. The molecule has 0 spiro atoms. The topological polar surface area (TPSA) is 33.4 Å². The molecular formula is C12H16O2. The van der Waals surface area contributed by atoms with Crippen LogP contribution in [0, 0.1) is 17.8 Å².